The molecule has 4 amide bonds. The zero-order valence-electron chi connectivity index (χ0n) is 12.2. The number of hydrogen-bond donors (Lipinski definition) is 1. The van der Waals surface area contributed by atoms with Gasteiger partial charge < -0.3 is 10.2 Å². The van der Waals surface area contributed by atoms with Crippen molar-refractivity contribution in [1.82, 2.24) is 29.7 Å². The maximum Gasteiger partial charge on any atom is 0.328 e. The number of nitrogens with one attached hydrogen (secondary N) is 1. The molecule has 1 N–H and O–H groups in total. The Morgan fingerprint density at radius 3 is 3.00 bits per heavy atom. The number of carbonyl (C=O) groups is 2. The van der Waals surface area contributed by atoms with Crippen molar-refractivity contribution in [3.63, 3.8) is 0 Å². The molecule has 0 aliphatic carbocycles. The van der Waals surface area contributed by atoms with E-state index in [0.717, 1.165) is 22.6 Å². The Hall–Kier alpha value is -2.64. The average Bonchev–Trinajstić information content (AvgIpc) is 3.10. The van der Waals surface area contributed by atoms with Gasteiger partial charge in [0.25, 0.3) is 0 Å². The molecule has 8 nitrogen and oxygen atoms in total. The first-order valence-corrected chi connectivity index (χ1v) is 7.31. The second kappa shape index (κ2) is 4.69. The first-order chi connectivity index (χ1) is 10.6. The van der Waals surface area contributed by atoms with Crippen molar-refractivity contribution in [1.29, 1.82) is 0 Å². The van der Waals surface area contributed by atoms with E-state index in [1.165, 1.54) is 4.90 Å². The number of aromatic nitrogens is 3. The largest absolute Gasteiger partial charge is 0.336 e. The Kier molecular flexibility index (Phi) is 2.78. The highest BCUT2D eigenvalue weighted by Gasteiger charge is 2.32. The number of fused-ring (bicyclic) bond motifs is 3. The number of carbonyl (C=O) groups excluding carboxylic acids is 2. The number of amides is 4. The highest BCUT2D eigenvalue weighted by atomic mass is 16.2. The Bertz CT molecular complexity index is 783. The van der Waals surface area contributed by atoms with Crippen LogP contribution < -0.4 is 5.32 Å². The molecule has 2 aromatic rings. The van der Waals surface area contributed by atoms with Gasteiger partial charge in [-0.1, -0.05) is 0 Å². The summed E-state index contributed by atoms with van der Waals surface area (Å²) in [5, 5.41) is 7.11. The quantitative estimate of drug-likeness (QED) is 0.770. The van der Waals surface area contributed by atoms with Crippen LogP contribution in [0.2, 0.25) is 0 Å². The summed E-state index contributed by atoms with van der Waals surface area (Å²) in [7, 11) is 0. The van der Waals surface area contributed by atoms with Crippen LogP contribution in [0.25, 0.3) is 5.65 Å². The molecule has 1 fully saturated rings. The number of urea groups is 2. The van der Waals surface area contributed by atoms with Crippen LogP contribution in [-0.2, 0) is 13.0 Å². The number of aryl methyl sites for hydroxylation is 1. The summed E-state index contributed by atoms with van der Waals surface area (Å²) in [4.78, 5) is 31.4. The predicted octanol–water partition coefficient (Wildman–Crippen LogP) is 0.541. The summed E-state index contributed by atoms with van der Waals surface area (Å²) in [5.41, 5.74) is 3.82. The summed E-state index contributed by atoms with van der Waals surface area (Å²) < 4.78 is 1.86. The molecular formula is C14H16N6O2. The average molecular weight is 300 g/mol. The van der Waals surface area contributed by atoms with Gasteiger partial charge in [-0.2, -0.15) is 5.10 Å². The normalized spacial score (nSPS) is 17.8. The Balaban J connectivity index is 1.63. The van der Waals surface area contributed by atoms with Crippen LogP contribution in [0, 0.1) is 6.92 Å². The Morgan fingerprint density at radius 1 is 1.36 bits per heavy atom. The van der Waals surface area contributed by atoms with Crippen LogP contribution in [0.3, 0.4) is 0 Å². The maximum absolute atomic E-state index is 12.4. The van der Waals surface area contributed by atoms with Crippen molar-refractivity contribution in [3.05, 3.63) is 29.2 Å². The monoisotopic (exact) mass is 300 g/mol. The SMILES string of the molecule is Cc1cc2ncc3c(n2n1)CCN(C(=O)N1CCNC1=O)C3. The fraction of sp³-hybridized carbons (Fsp3) is 0.429. The molecule has 0 radical (unpaired) electrons. The van der Waals surface area contributed by atoms with Crippen LogP contribution in [0.15, 0.2) is 12.3 Å². The third-order valence-electron chi connectivity index (χ3n) is 4.13. The van der Waals surface area contributed by atoms with Crippen LogP contribution >= 0.6 is 0 Å². The van der Waals surface area contributed by atoms with E-state index in [4.69, 9.17) is 0 Å². The summed E-state index contributed by atoms with van der Waals surface area (Å²) in [6.07, 6.45) is 2.51. The van der Waals surface area contributed by atoms with Crippen molar-refractivity contribution in [2.45, 2.75) is 19.9 Å². The van der Waals surface area contributed by atoms with Gasteiger partial charge in [0.15, 0.2) is 5.65 Å². The topological polar surface area (TPSA) is 82.8 Å². The number of imide groups is 1. The van der Waals surface area contributed by atoms with Gasteiger partial charge >= 0.3 is 12.1 Å². The highest BCUT2D eigenvalue weighted by molar-refractivity contribution is 5.95. The Morgan fingerprint density at radius 2 is 2.23 bits per heavy atom. The van der Waals surface area contributed by atoms with Crippen LogP contribution in [0.5, 0.6) is 0 Å². The summed E-state index contributed by atoms with van der Waals surface area (Å²) in [5.74, 6) is 0. The molecule has 4 heterocycles. The van der Waals surface area contributed by atoms with Gasteiger partial charge in [-0.3, -0.25) is 0 Å². The van der Waals surface area contributed by atoms with E-state index < -0.39 is 0 Å². The van der Waals surface area contributed by atoms with E-state index in [-0.39, 0.29) is 12.1 Å². The number of rotatable bonds is 0. The first-order valence-electron chi connectivity index (χ1n) is 7.31. The molecule has 8 heteroatoms. The predicted molar refractivity (Wildman–Crippen MR) is 77.3 cm³/mol. The minimum Gasteiger partial charge on any atom is -0.336 e. The minimum absolute atomic E-state index is 0.239. The third kappa shape index (κ3) is 1.91. The van der Waals surface area contributed by atoms with Gasteiger partial charge in [0.1, 0.15) is 0 Å². The highest BCUT2D eigenvalue weighted by Crippen LogP contribution is 2.21. The molecule has 22 heavy (non-hydrogen) atoms. The van der Waals surface area contributed by atoms with Gasteiger partial charge in [-0.05, 0) is 6.92 Å². The van der Waals surface area contributed by atoms with E-state index in [9.17, 15) is 9.59 Å². The van der Waals surface area contributed by atoms with Gasteiger partial charge in [-0.25, -0.2) is 24.0 Å². The molecule has 2 aliphatic heterocycles. The molecule has 0 unspecified atom stereocenters. The molecule has 2 aliphatic rings. The maximum atomic E-state index is 12.4. The zero-order valence-corrected chi connectivity index (χ0v) is 12.2. The molecular weight excluding hydrogens is 284 g/mol. The lowest BCUT2D eigenvalue weighted by Gasteiger charge is -2.30. The molecule has 1 saturated heterocycles. The second-order valence-electron chi connectivity index (χ2n) is 5.62. The van der Waals surface area contributed by atoms with E-state index in [0.29, 0.717) is 32.6 Å². The molecule has 0 atom stereocenters. The fourth-order valence-electron chi connectivity index (χ4n) is 3.04. The fourth-order valence-corrected chi connectivity index (χ4v) is 3.04. The first kappa shape index (κ1) is 13.1. The lowest BCUT2D eigenvalue weighted by Crippen LogP contribution is -2.46. The molecule has 4 rings (SSSR count). The van der Waals surface area contributed by atoms with E-state index in [2.05, 4.69) is 15.4 Å². The molecule has 0 spiro atoms. The Labute approximate surface area is 126 Å². The standard InChI is InChI=1S/C14H16N6O2/c1-9-6-12-16-7-10-8-18(4-2-11(10)20(12)17-9)14(22)19-5-3-15-13(19)21/h6-7H,2-5,8H2,1H3,(H,15,21). The second-order valence-corrected chi connectivity index (χ2v) is 5.62. The molecule has 0 bridgehead atoms. The van der Waals surface area contributed by atoms with Gasteiger partial charge in [0.2, 0.25) is 0 Å². The van der Waals surface area contributed by atoms with Crippen molar-refractivity contribution in [2.75, 3.05) is 19.6 Å². The van der Waals surface area contributed by atoms with E-state index in [1.54, 1.807) is 11.1 Å². The molecule has 114 valence electrons. The molecule has 0 aromatic carbocycles. The van der Waals surface area contributed by atoms with Crippen molar-refractivity contribution >= 4 is 17.7 Å². The summed E-state index contributed by atoms with van der Waals surface area (Å²) >= 11 is 0. The van der Waals surface area contributed by atoms with Gasteiger partial charge in [0, 0.05) is 43.9 Å². The van der Waals surface area contributed by atoms with Crippen molar-refractivity contribution < 1.29 is 9.59 Å². The minimum atomic E-state index is -0.313. The van der Waals surface area contributed by atoms with Crippen molar-refractivity contribution in [2.24, 2.45) is 0 Å². The van der Waals surface area contributed by atoms with Crippen LogP contribution in [0.1, 0.15) is 17.0 Å². The van der Waals surface area contributed by atoms with Gasteiger partial charge in [-0.15, -0.1) is 0 Å². The van der Waals surface area contributed by atoms with E-state index >= 15 is 0 Å². The third-order valence-corrected chi connectivity index (χ3v) is 4.13. The van der Waals surface area contributed by atoms with E-state index in [1.807, 2.05) is 17.5 Å². The van der Waals surface area contributed by atoms with Crippen LogP contribution in [0.4, 0.5) is 9.59 Å². The lowest BCUT2D eigenvalue weighted by atomic mass is 10.1. The van der Waals surface area contributed by atoms with Crippen LogP contribution in [-0.4, -0.2) is 56.1 Å². The summed E-state index contributed by atoms with van der Waals surface area (Å²) in [6.45, 7) is 3.92. The van der Waals surface area contributed by atoms with Gasteiger partial charge in [0.05, 0.1) is 17.9 Å². The zero-order chi connectivity index (χ0) is 15.3. The summed E-state index contributed by atoms with van der Waals surface area (Å²) in [6, 6.07) is 1.39. The number of nitrogens with zero attached hydrogens (tertiary/aromatic N) is 5. The lowest BCUT2D eigenvalue weighted by molar-refractivity contribution is 0.158. The number of hydrogen-bond acceptors (Lipinski definition) is 4. The molecule has 0 saturated carbocycles. The smallest absolute Gasteiger partial charge is 0.328 e. The van der Waals surface area contributed by atoms with Crippen molar-refractivity contribution in [3.8, 4) is 0 Å². The molecule has 2 aromatic heterocycles.